The van der Waals surface area contributed by atoms with Crippen molar-refractivity contribution in [1.29, 1.82) is 0 Å². The van der Waals surface area contributed by atoms with E-state index in [4.69, 9.17) is 0 Å². The average Bonchev–Trinajstić information content (AvgIpc) is 2.91. The second-order valence-corrected chi connectivity index (χ2v) is 6.05. The maximum atomic E-state index is 3.99. The molecule has 0 spiro atoms. The molecule has 2 aromatic heterocycles. The van der Waals surface area contributed by atoms with Crippen LogP contribution in [0.1, 0.15) is 41.5 Å². The summed E-state index contributed by atoms with van der Waals surface area (Å²) in [4.78, 5) is 3.84. The van der Waals surface area contributed by atoms with Crippen LogP contribution in [0.5, 0.6) is 0 Å². The first-order valence-corrected chi connectivity index (χ1v) is 5.91. The molecule has 2 heterocycles. The first kappa shape index (κ1) is 14.3. The molecule has 6 heteroatoms. The molecule has 0 aromatic carbocycles. The summed E-state index contributed by atoms with van der Waals surface area (Å²) in [6.45, 7) is 12.6. The van der Waals surface area contributed by atoms with Crippen molar-refractivity contribution in [3.63, 3.8) is 0 Å². The van der Waals surface area contributed by atoms with Crippen molar-refractivity contribution in [3.05, 3.63) is 25.3 Å². The van der Waals surface area contributed by atoms with Crippen molar-refractivity contribution in [3.8, 4) is 0 Å². The molecule has 0 aliphatic rings. The summed E-state index contributed by atoms with van der Waals surface area (Å²) in [5, 5.41) is 11.4. The second kappa shape index (κ2) is 5.29. The van der Waals surface area contributed by atoms with Crippen LogP contribution in [0.15, 0.2) is 25.3 Å². The van der Waals surface area contributed by atoms with Crippen LogP contribution in [0.25, 0.3) is 0 Å². The van der Waals surface area contributed by atoms with Gasteiger partial charge in [-0.2, -0.15) is 5.10 Å². The van der Waals surface area contributed by atoms with Gasteiger partial charge in [-0.15, -0.1) is 10.2 Å². The van der Waals surface area contributed by atoms with Gasteiger partial charge in [-0.3, -0.25) is 0 Å². The Kier molecular flexibility index (Phi) is 4.21. The Morgan fingerprint density at radius 1 is 0.778 bits per heavy atom. The maximum absolute atomic E-state index is 3.99. The molecule has 0 atom stereocenters. The Balaban J connectivity index is 0.000000180. The summed E-state index contributed by atoms with van der Waals surface area (Å²) in [7, 11) is 0. The molecule has 100 valence electrons. The lowest BCUT2D eigenvalue weighted by molar-refractivity contribution is 0.354. The zero-order valence-corrected chi connectivity index (χ0v) is 12.0. The molecular formula is C12H22N6. The van der Waals surface area contributed by atoms with Crippen LogP contribution >= 0.6 is 0 Å². The van der Waals surface area contributed by atoms with Gasteiger partial charge in [0.2, 0.25) is 0 Å². The summed E-state index contributed by atoms with van der Waals surface area (Å²) in [5.41, 5.74) is 0.181. The first-order valence-electron chi connectivity index (χ1n) is 5.91. The molecule has 18 heavy (non-hydrogen) atoms. The maximum Gasteiger partial charge on any atom is 0.137 e. The molecule has 0 bridgehead atoms. The largest absolute Gasteiger partial charge is 0.315 e. The SMILES string of the molecule is CC(C)(C)n1cncn1.CC(C)(C)n1cnnc1. The van der Waals surface area contributed by atoms with Gasteiger partial charge in [0.15, 0.2) is 0 Å². The fraction of sp³-hybridized carbons (Fsp3) is 0.667. The third-order valence-corrected chi connectivity index (χ3v) is 2.30. The van der Waals surface area contributed by atoms with E-state index in [9.17, 15) is 0 Å². The molecule has 0 N–H and O–H groups in total. The third-order valence-electron chi connectivity index (χ3n) is 2.30. The molecule has 0 unspecified atom stereocenters. The van der Waals surface area contributed by atoms with Crippen LogP contribution in [-0.4, -0.2) is 29.5 Å². The summed E-state index contributed by atoms with van der Waals surface area (Å²) in [6, 6.07) is 0. The van der Waals surface area contributed by atoms with Gasteiger partial charge in [-0.1, -0.05) is 0 Å². The molecule has 0 saturated heterocycles. The van der Waals surface area contributed by atoms with Crippen LogP contribution in [0, 0.1) is 0 Å². The van der Waals surface area contributed by atoms with E-state index in [1.807, 2.05) is 9.25 Å². The van der Waals surface area contributed by atoms with Crippen LogP contribution in [0.2, 0.25) is 0 Å². The van der Waals surface area contributed by atoms with Crippen LogP contribution in [0.3, 0.4) is 0 Å². The Hall–Kier alpha value is -1.72. The number of nitrogens with zero attached hydrogens (tertiary/aromatic N) is 6. The zero-order chi connectivity index (χ0) is 13.8. The highest BCUT2D eigenvalue weighted by molar-refractivity contribution is 4.75. The highest BCUT2D eigenvalue weighted by atomic mass is 15.3. The van der Waals surface area contributed by atoms with E-state index in [1.54, 1.807) is 25.3 Å². The van der Waals surface area contributed by atoms with Crippen molar-refractivity contribution >= 4 is 0 Å². The van der Waals surface area contributed by atoms with E-state index in [0.717, 1.165) is 0 Å². The van der Waals surface area contributed by atoms with Gasteiger partial charge >= 0.3 is 0 Å². The number of hydrogen-bond donors (Lipinski definition) is 0. The predicted molar refractivity (Wildman–Crippen MR) is 70.0 cm³/mol. The summed E-state index contributed by atoms with van der Waals surface area (Å²) >= 11 is 0. The predicted octanol–water partition coefficient (Wildman–Crippen LogP) is 2.07. The minimum absolute atomic E-state index is 0.0660. The Bertz CT molecular complexity index is 386. The highest BCUT2D eigenvalue weighted by Crippen LogP contribution is 2.10. The Morgan fingerprint density at radius 3 is 1.56 bits per heavy atom. The molecule has 0 fully saturated rings. The molecule has 0 aliphatic heterocycles. The normalized spacial score (nSPS) is 11.9. The quantitative estimate of drug-likeness (QED) is 0.718. The molecule has 0 amide bonds. The number of hydrogen-bond acceptors (Lipinski definition) is 4. The molecular weight excluding hydrogens is 228 g/mol. The van der Waals surface area contributed by atoms with Crippen molar-refractivity contribution in [2.24, 2.45) is 0 Å². The molecule has 2 aromatic rings. The lowest BCUT2D eigenvalue weighted by Crippen LogP contribution is -2.21. The second-order valence-electron chi connectivity index (χ2n) is 6.05. The fourth-order valence-corrected chi connectivity index (χ4v) is 1.10. The standard InChI is InChI=1S/2C6H11N3/c1-6(2,3)9-4-7-8-5-9;1-6(2,3)9-5-7-4-8-9/h2*4-5H,1-3H3. The van der Waals surface area contributed by atoms with Crippen LogP contribution in [0.4, 0.5) is 0 Å². The number of aromatic nitrogens is 6. The van der Waals surface area contributed by atoms with Gasteiger partial charge in [0.1, 0.15) is 25.3 Å². The lowest BCUT2D eigenvalue weighted by Gasteiger charge is -2.18. The van der Waals surface area contributed by atoms with Gasteiger partial charge in [0, 0.05) is 5.54 Å². The van der Waals surface area contributed by atoms with Crippen molar-refractivity contribution in [2.45, 2.75) is 52.6 Å². The van der Waals surface area contributed by atoms with E-state index in [2.05, 4.69) is 61.8 Å². The topological polar surface area (TPSA) is 61.4 Å². The zero-order valence-electron chi connectivity index (χ0n) is 12.0. The van der Waals surface area contributed by atoms with Gasteiger partial charge in [-0.25, -0.2) is 9.67 Å². The number of rotatable bonds is 0. The Morgan fingerprint density at radius 2 is 1.33 bits per heavy atom. The van der Waals surface area contributed by atoms with E-state index in [0.29, 0.717) is 0 Å². The minimum atomic E-state index is 0.0660. The molecule has 0 radical (unpaired) electrons. The lowest BCUT2D eigenvalue weighted by atomic mass is 10.1. The smallest absolute Gasteiger partial charge is 0.137 e. The minimum Gasteiger partial charge on any atom is -0.315 e. The van der Waals surface area contributed by atoms with E-state index in [-0.39, 0.29) is 11.1 Å². The third kappa shape index (κ3) is 4.27. The van der Waals surface area contributed by atoms with Crippen molar-refractivity contribution < 1.29 is 0 Å². The summed E-state index contributed by atoms with van der Waals surface area (Å²) in [5.74, 6) is 0. The molecule has 2 rings (SSSR count). The Labute approximate surface area is 108 Å². The average molecular weight is 250 g/mol. The van der Waals surface area contributed by atoms with Gasteiger partial charge in [0.25, 0.3) is 0 Å². The fourth-order valence-electron chi connectivity index (χ4n) is 1.10. The molecule has 0 aliphatic carbocycles. The highest BCUT2D eigenvalue weighted by Gasteiger charge is 2.11. The van der Waals surface area contributed by atoms with E-state index in [1.165, 1.54) is 0 Å². The van der Waals surface area contributed by atoms with Crippen LogP contribution in [-0.2, 0) is 11.1 Å². The summed E-state index contributed by atoms with van der Waals surface area (Å²) < 4.78 is 3.79. The first-order chi connectivity index (χ1) is 8.21. The molecule has 0 saturated carbocycles. The van der Waals surface area contributed by atoms with Gasteiger partial charge < -0.3 is 4.57 Å². The van der Waals surface area contributed by atoms with E-state index >= 15 is 0 Å². The summed E-state index contributed by atoms with van der Waals surface area (Å²) in [6.07, 6.45) is 6.71. The van der Waals surface area contributed by atoms with Crippen molar-refractivity contribution in [2.75, 3.05) is 0 Å². The van der Waals surface area contributed by atoms with E-state index < -0.39 is 0 Å². The van der Waals surface area contributed by atoms with Crippen LogP contribution < -0.4 is 0 Å². The van der Waals surface area contributed by atoms with Crippen molar-refractivity contribution in [1.82, 2.24) is 29.5 Å². The molecule has 6 nitrogen and oxygen atoms in total. The van der Waals surface area contributed by atoms with Gasteiger partial charge in [0.05, 0.1) is 5.54 Å². The van der Waals surface area contributed by atoms with Gasteiger partial charge in [-0.05, 0) is 41.5 Å². The monoisotopic (exact) mass is 250 g/mol.